The second kappa shape index (κ2) is 3.26. The molecular formula is C7H3F3N2S. The highest BCUT2D eigenvalue weighted by molar-refractivity contribution is 7.80. The van der Waals surface area contributed by atoms with Crippen LogP contribution in [0.1, 0.15) is 11.1 Å². The number of nitriles is 1. The molecule has 0 aliphatic rings. The molecule has 0 aromatic carbocycles. The summed E-state index contributed by atoms with van der Waals surface area (Å²) in [5.41, 5.74) is -1.55. The van der Waals surface area contributed by atoms with E-state index in [-0.39, 0.29) is 4.90 Å². The molecular weight excluding hydrogens is 201 g/mol. The maximum Gasteiger partial charge on any atom is 0.418 e. The molecule has 0 atom stereocenters. The van der Waals surface area contributed by atoms with Gasteiger partial charge in [0.1, 0.15) is 6.07 Å². The van der Waals surface area contributed by atoms with Crippen LogP contribution in [0, 0.1) is 11.3 Å². The van der Waals surface area contributed by atoms with Crippen LogP contribution in [-0.2, 0) is 6.18 Å². The summed E-state index contributed by atoms with van der Waals surface area (Å²) in [5, 5.41) is 8.38. The Hall–Kier alpha value is -1.22. The molecule has 0 amide bonds. The number of halogens is 3. The SMILES string of the molecule is N#Cc1cncc(S)c1C(F)(F)F. The number of nitrogens with zero attached hydrogens (tertiary/aromatic N) is 2. The van der Waals surface area contributed by atoms with Crippen LogP contribution in [-0.4, -0.2) is 4.98 Å². The van der Waals surface area contributed by atoms with Crippen molar-refractivity contribution in [1.29, 1.82) is 5.26 Å². The minimum atomic E-state index is -4.56. The lowest BCUT2D eigenvalue weighted by Crippen LogP contribution is -2.09. The van der Waals surface area contributed by atoms with Gasteiger partial charge in [0.05, 0.1) is 11.1 Å². The van der Waals surface area contributed by atoms with Gasteiger partial charge in [0.25, 0.3) is 0 Å². The van der Waals surface area contributed by atoms with Gasteiger partial charge in [-0.15, -0.1) is 12.6 Å². The van der Waals surface area contributed by atoms with Crippen LogP contribution in [0.25, 0.3) is 0 Å². The van der Waals surface area contributed by atoms with Gasteiger partial charge in [0.15, 0.2) is 0 Å². The molecule has 1 rings (SSSR count). The summed E-state index contributed by atoms with van der Waals surface area (Å²) < 4.78 is 36.8. The minimum absolute atomic E-state index is 0.341. The van der Waals surface area contributed by atoms with Crippen molar-refractivity contribution in [3.63, 3.8) is 0 Å². The molecule has 1 aromatic rings. The number of thiol groups is 1. The highest BCUT2D eigenvalue weighted by Gasteiger charge is 2.35. The summed E-state index contributed by atoms with van der Waals surface area (Å²) in [4.78, 5) is 3.09. The average molecular weight is 204 g/mol. The zero-order valence-electron chi connectivity index (χ0n) is 6.13. The quantitative estimate of drug-likeness (QED) is 0.658. The molecule has 13 heavy (non-hydrogen) atoms. The van der Waals surface area contributed by atoms with Crippen LogP contribution in [0.2, 0.25) is 0 Å². The lowest BCUT2D eigenvalue weighted by atomic mass is 10.1. The fourth-order valence-corrected chi connectivity index (χ4v) is 1.15. The molecule has 0 unspecified atom stereocenters. The van der Waals surface area contributed by atoms with Crippen LogP contribution in [0.15, 0.2) is 17.3 Å². The van der Waals surface area contributed by atoms with Crippen LogP contribution in [0.4, 0.5) is 13.2 Å². The van der Waals surface area contributed by atoms with E-state index in [2.05, 4.69) is 17.6 Å². The predicted octanol–water partition coefficient (Wildman–Crippen LogP) is 2.26. The van der Waals surface area contributed by atoms with Gasteiger partial charge in [-0.05, 0) is 0 Å². The molecule has 0 N–H and O–H groups in total. The van der Waals surface area contributed by atoms with Crippen molar-refractivity contribution in [2.75, 3.05) is 0 Å². The van der Waals surface area contributed by atoms with E-state index in [1.807, 2.05) is 0 Å². The van der Waals surface area contributed by atoms with E-state index in [4.69, 9.17) is 5.26 Å². The Bertz CT molecular complexity index is 367. The minimum Gasteiger partial charge on any atom is -0.262 e. The Morgan fingerprint density at radius 3 is 2.38 bits per heavy atom. The molecule has 0 saturated heterocycles. The molecule has 0 radical (unpaired) electrons. The molecule has 6 heteroatoms. The molecule has 68 valence electrons. The number of hydrogen-bond donors (Lipinski definition) is 1. The Kier molecular flexibility index (Phi) is 2.48. The Morgan fingerprint density at radius 1 is 1.38 bits per heavy atom. The monoisotopic (exact) mass is 204 g/mol. The third-order valence-electron chi connectivity index (χ3n) is 1.33. The van der Waals surface area contributed by atoms with Crippen molar-refractivity contribution in [2.24, 2.45) is 0 Å². The summed E-state index contributed by atoms with van der Waals surface area (Å²) in [6, 6.07) is 1.41. The van der Waals surface area contributed by atoms with Crippen LogP contribution < -0.4 is 0 Å². The third kappa shape index (κ3) is 1.92. The molecule has 0 aliphatic heterocycles. The Labute approximate surface area is 77.4 Å². The molecule has 0 saturated carbocycles. The van der Waals surface area contributed by atoms with Gasteiger partial charge in [0, 0.05) is 17.3 Å². The number of rotatable bonds is 0. The van der Waals surface area contributed by atoms with Gasteiger partial charge in [-0.1, -0.05) is 0 Å². The summed E-state index contributed by atoms with van der Waals surface area (Å²) in [5.74, 6) is 0. The molecule has 1 heterocycles. The topological polar surface area (TPSA) is 36.7 Å². The Morgan fingerprint density at radius 2 is 2.00 bits per heavy atom. The summed E-state index contributed by atoms with van der Waals surface area (Å²) in [6.07, 6.45) is -2.75. The largest absolute Gasteiger partial charge is 0.418 e. The summed E-state index contributed by atoms with van der Waals surface area (Å²) in [7, 11) is 0. The number of alkyl halides is 3. The molecule has 0 bridgehead atoms. The third-order valence-corrected chi connectivity index (χ3v) is 1.67. The lowest BCUT2D eigenvalue weighted by molar-refractivity contribution is -0.140. The summed E-state index contributed by atoms with van der Waals surface area (Å²) in [6.45, 7) is 0. The first-order valence-corrected chi connectivity index (χ1v) is 3.56. The first kappa shape index (κ1) is 9.86. The highest BCUT2D eigenvalue weighted by Crippen LogP contribution is 2.35. The van der Waals surface area contributed by atoms with E-state index in [1.54, 1.807) is 0 Å². The normalized spacial score (nSPS) is 11.0. The van der Waals surface area contributed by atoms with Gasteiger partial charge in [-0.25, -0.2) is 0 Å². The zero-order chi connectivity index (χ0) is 10.1. The highest BCUT2D eigenvalue weighted by atomic mass is 32.1. The van der Waals surface area contributed by atoms with E-state index in [0.717, 1.165) is 12.4 Å². The second-order valence-corrected chi connectivity index (χ2v) is 2.67. The van der Waals surface area contributed by atoms with Crippen molar-refractivity contribution < 1.29 is 13.2 Å². The fourth-order valence-electron chi connectivity index (χ4n) is 0.832. The molecule has 2 nitrogen and oxygen atoms in total. The average Bonchev–Trinajstić information content (AvgIpc) is 2.01. The zero-order valence-corrected chi connectivity index (χ0v) is 7.02. The van der Waals surface area contributed by atoms with Crippen molar-refractivity contribution >= 4 is 12.6 Å². The first-order valence-electron chi connectivity index (χ1n) is 3.11. The van der Waals surface area contributed by atoms with Gasteiger partial charge in [-0.2, -0.15) is 18.4 Å². The fraction of sp³-hybridized carbons (Fsp3) is 0.143. The van der Waals surface area contributed by atoms with Crippen molar-refractivity contribution in [2.45, 2.75) is 11.1 Å². The maximum atomic E-state index is 12.3. The maximum absolute atomic E-state index is 12.3. The van der Waals surface area contributed by atoms with Crippen LogP contribution in [0.5, 0.6) is 0 Å². The van der Waals surface area contributed by atoms with E-state index < -0.39 is 17.3 Å². The van der Waals surface area contributed by atoms with Gasteiger partial charge >= 0.3 is 6.18 Å². The second-order valence-electron chi connectivity index (χ2n) is 2.19. The van der Waals surface area contributed by atoms with Crippen molar-refractivity contribution in [3.05, 3.63) is 23.5 Å². The molecule has 0 spiro atoms. The number of hydrogen-bond acceptors (Lipinski definition) is 3. The van der Waals surface area contributed by atoms with Gasteiger partial charge < -0.3 is 0 Å². The molecule has 1 aromatic heterocycles. The van der Waals surface area contributed by atoms with Gasteiger partial charge in [-0.3, -0.25) is 4.98 Å². The number of aromatic nitrogens is 1. The van der Waals surface area contributed by atoms with E-state index >= 15 is 0 Å². The van der Waals surface area contributed by atoms with Crippen LogP contribution >= 0.6 is 12.6 Å². The van der Waals surface area contributed by atoms with Crippen LogP contribution in [0.3, 0.4) is 0 Å². The molecule has 0 aliphatic carbocycles. The standard InChI is InChI=1S/C7H3F3N2S/c8-7(9,10)6-4(1-11)2-12-3-5(6)13/h2-3,13H. The van der Waals surface area contributed by atoms with E-state index in [9.17, 15) is 13.2 Å². The lowest BCUT2D eigenvalue weighted by Gasteiger charge is -2.09. The first-order chi connectivity index (χ1) is 5.96. The molecule has 0 fully saturated rings. The number of pyridine rings is 1. The van der Waals surface area contributed by atoms with E-state index in [1.165, 1.54) is 6.07 Å². The summed E-state index contributed by atoms with van der Waals surface area (Å²) >= 11 is 3.58. The smallest absolute Gasteiger partial charge is 0.262 e. The van der Waals surface area contributed by atoms with Gasteiger partial charge in [0.2, 0.25) is 0 Å². The van der Waals surface area contributed by atoms with E-state index in [0.29, 0.717) is 0 Å². The predicted molar refractivity (Wildman–Crippen MR) is 41.2 cm³/mol. The van der Waals surface area contributed by atoms with Crippen molar-refractivity contribution in [1.82, 2.24) is 4.98 Å². The Balaban J connectivity index is 3.43. The van der Waals surface area contributed by atoms with Crippen molar-refractivity contribution in [3.8, 4) is 6.07 Å².